The van der Waals surface area contributed by atoms with Crippen LogP contribution in [0.2, 0.25) is 0 Å². The summed E-state index contributed by atoms with van der Waals surface area (Å²) in [6, 6.07) is 8.10. The highest BCUT2D eigenvalue weighted by Gasteiger charge is 2.23. The average Bonchev–Trinajstić information content (AvgIpc) is 2.88. The lowest BCUT2D eigenvalue weighted by Gasteiger charge is -2.24. The zero-order valence-corrected chi connectivity index (χ0v) is 15.1. The van der Waals surface area contributed by atoms with Crippen LogP contribution in [0.4, 0.5) is 0 Å². The third-order valence-corrected chi connectivity index (χ3v) is 4.82. The number of nitriles is 1. The van der Waals surface area contributed by atoms with E-state index in [1.165, 1.54) is 0 Å². The number of benzene rings is 1. The molecule has 3 rings (SSSR count). The van der Waals surface area contributed by atoms with Crippen LogP contribution in [-0.2, 0) is 13.6 Å². The van der Waals surface area contributed by atoms with Gasteiger partial charge >= 0.3 is 5.69 Å². The van der Waals surface area contributed by atoms with E-state index >= 15 is 0 Å². The van der Waals surface area contributed by atoms with Gasteiger partial charge < -0.3 is 4.74 Å². The molecule has 0 spiro atoms. The second-order valence-corrected chi connectivity index (χ2v) is 6.15. The smallest absolute Gasteiger partial charge is 0.328 e. The van der Waals surface area contributed by atoms with Crippen LogP contribution in [-0.4, -0.2) is 16.2 Å². The van der Waals surface area contributed by atoms with Gasteiger partial charge in [0.15, 0.2) is 0 Å². The Morgan fingerprint density at radius 3 is 2.46 bits per heavy atom. The molecule has 1 aromatic carbocycles. The zero-order chi connectivity index (χ0) is 17.7. The minimum Gasteiger partial charge on any atom is -0.497 e. The third kappa shape index (κ3) is 3.48. The first-order valence-electron chi connectivity index (χ1n) is 8.77. The van der Waals surface area contributed by atoms with Gasteiger partial charge in [-0.3, -0.25) is 9.13 Å². The second kappa shape index (κ2) is 8.05. The number of methoxy groups -OCH3 is 1. The molecule has 0 bridgehead atoms. The van der Waals surface area contributed by atoms with E-state index in [-0.39, 0.29) is 11.6 Å². The molecule has 1 fully saturated rings. The van der Waals surface area contributed by atoms with Gasteiger partial charge in [-0.05, 0) is 43.7 Å². The molecule has 5 heteroatoms. The van der Waals surface area contributed by atoms with Crippen molar-refractivity contribution in [1.82, 2.24) is 9.13 Å². The summed E-state index contributed by atoms with van der Waals surface area (Å²) < 4.78 is 8.83. The Morgan fingerprint density at radius 1 is 1.21 bits per heavy atom. The Hall–Kier alpha value is -2.22. The van der Waals surface area contributed by atoms with Crippen LogP contribution in [0.1, 0.15) is 39.5 Å². The number of hydrogen-bond acceptors (Lipinski definition) is 3. The molecule has 1 heterocycles. The number of nitrogens with zero attached hydrogens (tertiary/aromatic N) is 3. The maximum Gasteiger partial charge on any atom is 0.328 e. The van der Waals surface area contributed by atoms with Crippen molar-refractivity contribution in [3.8, 4) is 11.8 Å². The number of hydrogen-bond donors (Lipinski definition) is 0. The fourth-order valence-electron chi connectivity index (χ4n) is 3.43. The van der Waals surface area contributed by atoms with Gasteiger partial charge in [-0.2, -0.15) is 5.26 Å². The lowest BCUT2D eigenvalue weighted by molar-refractivity contribution is 0.284. The largest absolute Gasteiger partial charge is 0.497 e. The quantitative estimate of drug-likeness (QED) is 0.862. The van der Waals surface area contributed by atoms with E-state index in [0.717, 1.165) is 49.0 Å². The van der Waals surface area contributed by atoms with Crippen molar-refractivity contribution in [1.29, 1.82) is 5.26 Å². The first-order chi connectivity index (χ1) is 11.6. The first kappa shape index (κ1) is 18.1. The predicted octanol–water partition coefficient (Wildman–Crippen LogP) is 3.70. The van der Waals surface area contributed by atoms with E-state index in [0.29, 0.717) is 5.92 Å². The summed E-state index contributed by atoms with van der Waals surface area (Å²) in [5.41, 5.74) is 1.87. The lowest BCUT2D eigenvalue weighted by atomic mass is 9.83. The lowest BCUT2D eigenvalue weighted by Crippen LogP contribution is -2.27. The summed E-state index contributed by atoms with van der Waals surface area (Å²) in [5, 5.41) is 8.99. The predicted molar refractivity (Wildman–Crippen MR) is 96.1 cm³/mol. The second-order valence-electron chi connectivity index (χ2n) is 6.15. The van der Waals surface area contributed by atoms with Crippen LogP contribution in [0.5, 0.6) is 5.75 Å². The molecule has 0 unspecified atom stereocenters. The summed E-state index contributed by atoms with van der Waals surface area (Å²) in [6.45, 7) is 4.72. The van der Waals surface area contributed by atoms with Crippen LogP contribution in [0.3, 0.4) is 0 Å². The highest BCUT2D eigenvalue weighted by atomic mass is 16.5. The molecule has 24 heavy (non-hydrogen) atoms. The Balaban J connectivity index is 0.00000100. The van der Waals surface area contributed by atoms with E-state index in [9.17, 15) is 4.79 Å². The minimum atomic E-state index is 0.0191. The number of ether oxygens (including phenoxy) is 1. The molecule has 0 saturated heterocycles. The summed E-state index contributed by atoms with van der Waals surface area (Å²) in [6.07, 6.45) is 3.93. The van der Waals surface area contributed by atoms with Crippen LogP contribution >= 0.6 is 0 Å². The molecular weight excluding hydrogens is 302 g/mol. The number of aromatic nitrogens is 2. The van der Waals surface area contributed by atoms with Crippen LogP contribution in [0.25, 0.3) is 11.0 Å². The number of aryl methyl sites for hydroxylation is 1. The highest BCUT2D eigenvalue weighted by molar-refractivity contribution is 5.77. The Kier molecular flexibility index (Phi) is 6.08. The van der Waals surface area contributed by atoms with Crippen molar-refractivity contribution in [2.75, 3.05) is 7.11 Å². The third-order valence-electron chi connectivity index (χ3n) is 4.82. The van der Waals surface area contributed by atoms with Gasteiger partial charge in [-0.1, -0.05) is 13.8 Å². The van der Waals surface area contributed by atoms with E-state index in [4.69, 9.17) is 10.00 Å². The fourth-order valence-corrected chi connectivity index (χ4v) is 3.43. The van der Waals surface area contributed by atoms with E-state index in [1.807, 2.05) is 36.6 Å². The monoisotopic (exact) mass is 329 g/mol. The normalized spacial score (nSPS) is 20.1. The molecular formula is C19H27N3O2. The van der Waals surface area contributed by atoms with Gasteiger partial charge in [0.2, 0.25) is 0 Å². The van der Waals surface area contributed by atoms with Gasteiger partial charge in [0, 0.05) is 25.6 Å². The molecule has 0 aliphatic heterocycles. The molecule has 0 amide bonds. The number of rotatable bonds is 3. The number of fused-ring (bicyclic) bond motifs is 1. The average molecular weight is 329 g/mol. The molecule has 0 atom stereocenters. The van der Waals surface area contributed by atoms with Crippen molar-refractivity contribution in [2.45, 2.75) is 46.1 Å². The highest BCUT2D eigenvalue weighted by Crippen LogP contribution is 2.30. The van der Waals surface area contributed by atoms with Crippen molar-refractivity contribution < 1.29 is 4.74 Å². The van der Waals surface area contributed by atoms with Gasteiger partial charge in [0.1, 0.15) is 5.75 Å². The zero-order valence-electron chi connectivity index (χ0n) is 15.1. The molecule has 2 aromatic rings. The SMILES string of the molecule is CC.COc1ccc2c(c1)n(CC1CCC(C#N)CC1)c(=O)n2C. The first-order valence-corrected chi connectivity index (χ1v) is 8.77. The molecule has 1 saturated carbocycles. The molecule has 1 aliphatic carbocycles. The summed E-state index contributed by atoms with van der Waals surface area (Å²) >= 11 is 0. The molecule has 130 valence electrons. The van der Waals surface area contributed by atoms with Crippen molar-refractivity contribution in [3.63, 3.8) is 0 Å². The van der Waals surface area contributed by atoms with Crippen molar-refractivity contribution >= 4 is 11.0 Å². The molecule has 0 N–H and O–H groups in total. The molecule has 5 nitrogen and oxygen atoms in total. The van der Waals surface area contributed by atoms with Crippen molar-refractivity contribution in [3.05, 3.63) is 28.7 Å². The minimum absolute atomic E-state index is 0.0191. The fraction of sp³-hybridized carbons (Fsp3) is 0.579. The van der Waals surface area contributed by atoms with Crippen LogP contribution in [0, 0.1) is 23.2 Å². The van der Waals surface area contributed by atoms with Crippen molar-refractivity contribution in [2.24, 2.45) is 18.9 Å². The summed E-state index contributed by atoms with van der Waals surface area (Å²) in [4.78, 5) is 12.5. The van der Waals surface area contributed by atoms with E-state index in [1.54, 1.807) is 18.7 Å². The maximum atomic E-state index is 12.5. The van der Waals surface area contributed by atoms with Gasteiger partial charge in [0.05, 0.1) is 24.2 Å². The Morgan fingerprint density at radius 2 is 1.88 bits per heavy atom. The number of imidazole rings is 1. The molecule has 1 aliphatic rings. The molecule has 0 radical (unpaired) electrons. The van der Waals surface area contributed by atoms with Gasteiger partial charge in [-0.15, -0.1) is 0 Å². The van der Waals surface area contributed by atoms with E-state index in [2.05, 4.69) is 6.07 Å². The summed E-state index contributed by atoms with van der Waals surface area (Å²) in [7, 11) is 3.44. The van der Waals surface area contributed by atoms with Crippen LogP contribution in [0.15, 0.2) is 23.0 Å². The van der Waals surface area contributed by atoms with E-state index < -0.39 is 0 Å². The Labute approximate surface area is 143 Å². The topological polar surface area (TPSA) is 60.0 Å². The van der Waals surface area contributed by atoms with Crippen LogP contribution < -0.4 is 10.4 Å². The van der Waals surface area contributed by atoms with Gasteiger partial charge in [0.25, 0.3) is 0 Å². The Bertz CT molecular complexity index is 774. The van der Waals surface area contributed by atoms with Gasteiger partial charge in [-0.25, -0.2) is 4.79 Å². The maximum absolute atomic E-state index is 12.5. The molecule has 1 aromatic heterocycles. The standard InChI is InChI=1S/C17H21N3O2.C2H6/c1-19-15-8-7-14(22-2)9-16(15)20(17(19)21)11-13-5-3-12(10-18)4-6-13;1-2/h7-9,12-13H,3-6,11H2,1-2H3;1-2H3. The summed E-state index contributed by atoms with van der Waals surface area (Å²) in [5.74, 6) is 1.43.